The van der Waals surface area contributed by atoms with Gasteiger partial charge in [0.15, 0.2) is 0 Å². The van der Waals surface area contributed by atoms with Crippen LogP contribution < -0.4 is 5.73 Å². The lowest BCUT2D eigenvalue weighted by atomic mass is 10.1. The number of hydrogen-bond acceptors (Lipinski definition) is 6. The van der Waals surface area contributed by atoms with Gasteiger partial charge in [-0.3, -0.25) is 9.36 Å². The fourth-order valence-electron chi connectivity index (χ4n) is 2.51. The normalized spacial score (nSPS) is 14.1. The molecule has 0 spiro atoms. The number of carbonyl (C=O) groups is 1. The highest BCUT2D eigenvalue weighted by Crippen LogP contribution is 2.56. The van der Waals surface area contributed by atoms with E-state index in [1.54, 1.807) is 6.92 Å². The Labute approximate surface area is 163 Å². The van der Waals surface area contributed by atoms with Crippen molar-refractivity contribution in [1.29, 1.82) is 0 Å². The molecule has 0 saturated carbocycles. The Morgan fingerprint density at radius 1 is 1.00 bits per heavy atom. The second kappa shape index (κ2) is 9.33. The number of nitrogens with two attached hydrogens (primary N) is 1. The molecule has 0 bridgehead atoms. The van der Waals surface area contributed by atoms with Crippen molar-refractivity contribution in [2.45, 2.75) is 78.3 Å². The molecule has 0 heterocycles. The van der Waals surface area contributed by atoms with Gasteiger partial charge in [0.1, 0.15) is 6.04 Å². The minimum atomic E-state index is -3.35. The van der Waals surface area contributed by atoms with Crippen molar-refractivity contribution in [2.75, 3.05) is 6.61 Å². The van der Waals surface area contributed by atoms with Crippen LogP contribution in [0, 0.1) is 0 Å². The molecular formula is C20H34NO5P. The summed E-state index contributed by atoms with van der Waals surface area (Å²) in [6.07, 6.45) is 0.555. The Morgan fingerprint density at radius 3 is 1.85 bits per heavy atom. The summed E-state index contributed by atoms with van der Waals surface area (Å²) < 4.78 is 29.9. The first-order chi connectivity index (χ1) is 12.2. The minimum Gasteiger partial charge on any atom is -0.465 e. The second-order valence-electron chi connectivity index (χ2n) is 8.56. The van der Waals surface area contributed by atoms with Crippen molar-refractivity contribution in [3.63, 3.8) is 0 Å². The average molecular weight is 399 g/mol. The van der Waals surface area contributed by atoms with E-state index in [4.69, 9.17) is 19.5 Å². The third-order valence-electron chi connectivity index (χ3n) is 3.27. The maximum Gasteiger partial charge on any atom is 0.336 e. The molecule has 2 N–H and O–H groups in total. The predicted molar refractivity (Wildman–Crippen MR) is 108 cm³/mol. The van der Waals surface area contributed by atoms with Crippen LogP contribution in [-0.2, 0) is 35.7 Å². The molecule has 6 nitrogen and oxygen atoms in total. The summed E-state index contributed by atoms with van der Waals surface area (Å²) in [5.74, 6) is -0.414. The number of carbonyl (C=O) groups excluding carboxylic acids is 1. The monoisotopic (exact) mass is 399 g/mol. The van der Waals surface area contributed by atoms with Crippen LogP contribution in [-0.4, -0.2) is 29.8 Å². The van der Waals surface area contributed by atoms with Gasteiger partial charge in [-0.2, -0.15) is 0 Å². The Kier molecular flexibility index (Phi) is 8.24. The third kappa shape index (κ3) is 9.52. The first kappa shape index (κ1) is 23.8. The number of hydrogen-bond donors (Lipinski definition) is 1. The Balaban J connectivity index is 2.88. The lowest BCUT2D eigenvalue weighted by molar-refractivity contribution is -0.144. The molecule has 27 heavy (non-hydrogen) atoms. The Bertz CT molecular complexity index is 638. The van der Waals surface area contributed by atoms with Crippen molar-refractivity contribution in [1.82, 2.24) is 0 Å². The quantitative estimate of drug-likeness (QED) is 0.513. The smallest absolute Gasteiger partial charge is 0.336 e. The minimum absolute atomic E-state index is 0.172. The third-order valence-corrected chi connectivity index (χ3v) is 5.67. The number of rotatable bonds is 8. The van der Waals surface area contributed by atoms with E-state index in [1.807, 2.05) is 65.8 Å². The van der Waals surface area contributed by atoms with Crippen LogP contribution in [0.1, 0.15) is 59.6 Å². The van der Waals surface area contributed by atoms with Crippen molar-refractivity contribution in [3.05, 3.63) is 35.4 Å². The van der Waals surface area contributed by atoms with Gasteiger partial charge in [0.2, 0.25) is 0 Å². The van der Waals surface area contributed by atoms with Crippen molar-refractivity contribution < 1.29 is 23.1 Å². The van der Waals surface area contributed by atoms with Gasteiger partial charge in [-0.25, -0.2) is 0 Å². The fourth-order valence-corrected chi connectivity index (χ4v) is 5.00. The zero-order valence-corrected chi connectivity index (χ0v) is 18.5. The first-order valence-corrected chi connectivity index (χ1v) is 11.0. The fraction of sp³-hybridized carbons (Fsp3) is 0.650. The molecule has 1 rings (SSSR count). The molecule has 0 aliphatic carbocycles. The SMILES string of the molecule is CCOC(=O)C(N)Cc1ccc(CP(=O)(OC(C)(C)C)OC(C)(C)C)cc1. The summed E-state index contributed by atoms with van der Waals surface area (Å²) in [5, 5.41) is 0. The molecular weight excluding hydrogens is 365 g/mol. The maximum atomic E-state index is 13.3. The van der Waals surface area contributed by atoms with Gasteiger partial charge in [0.25, 0.3) is 0 Å². The molecule has 0 aliphatic rings. The molecule has 1 unspecified atom stereocenters. The molecule has 0 aromatic heterocycles. The van der Waals surface area contributed by atoms with E-state index in [2.05, 4.69) is 0 Å². The van der Waals surface area contributed by atoms with Crippen LogP contribution >= 0.6 is 7.60 Å². The van der Waals surface area contributed by atoms with Gasteiger partial charge >= 0.3 is 13.6 Å². The van der Waals surface area contributed by atoms with Crippen LogP contribution in [0.4, 0.5) is 0 Å². The van der Waals surface area contributed by atoms with Gasteiger partial charge in [0.05, 0.1) is 24.0 Å². The lowest BCUT2D eigenvalue weighted by Gasteiger charge is -2.32. The highest BCUT2D eigenvalue weighted by Gasteiger charge is 2.35. The molecule has 0 amide bonds. The summed E-state index contributed by atoms with van der Waals surface area (Å²) in [4.78, 5) is 11.7. The predicted octanol–water partition coefficient (Wildman–Crippen LogP) is 4.44. The van der Waals surface area contributed by atoms with Crippen LogP contribution in [0.15, 0.2) is 24.3 Å². The molecule has 1 aromatic rings. The topological polar surface area (TPSA) is 87.9 Å². The molecule has 0 fully saturated rings. The number of esters is 1. The summed E-state index contributed by atoms with van der Waals surface area (Å²) in [7, 11) is -3.35. The van der Waals surface area contributed by atoms with Crippen molar-refractivity contribution >= 4 is 13.6 Å². The van der Waals surface area contributed by atoms with Crippen LogP contribution in [0.25, 0.3) is 0 Å². The van der Waals surface area contributed by atoms with Gasteiger partial charge in [-0.1, -0.05) is 24.3 Å². The van der Waals surface area contributed by atoms with Gasteiger partial charge in [0, 0.05) is 0 Å². The zero-order valence-electron chi connectivity index (χ0n) is 17.6. The van der Waals surface area contributed by atoms with E-state index < -0.39 is 30.8 Å². The molecule has 0 aliphatic heterocycles. The molecule has 154 valence electrons. The summed E-state index contributed by atoms with van der Waals surface area (Å²) in [6.45, 7) is 13.2. The van der Waals surface area contributed by atoms with E-state index in [9.17, 15) is 9.36 Å². The standard InChI is InChI=1S/C20H34NO5P/c1-8-24-18(22)17(21)13-15-9-11-16(12-10-15)14-27(23,25-19(2,3)4)26-20(5,6)7/h9-12,17H,8,13-14,21H2,1-7H3. The van der Waals surface area contributed by atoms with E-state index in [0.29, 0.717) is 13.0 Å². The van der Waals surface area contributed by atoms with Crippen molar-refractivity contribution in [3.8, 4) is 0 Å². The van der Waals surface area contributed by atoms with Crippen molar-refractivity contribution in [2.24, 2.45) is 5.73 Å². The second-order valence-corrected chi connectivity index (χ2v) is 10.5. The molecule has 1 atom stereocenters. The molecule has 0 radical (unpaired) electrons. The maximum absolute atomic E-state index is 13.3. The van der Waals surface area contributed by atoms with Gasteiger partial charge in [-0.05, 0) is 66.0 Å². The first-order valence-electron chi connectivity index (χ1n) is 9.23. The lowest BCUT2D eigenvalue weighted by Crippen LogP contribution is -2.34. The molecule has 1 aromatic carbocycles. The van der Waals surface area contributed by atoms with Crippen LogP contribution in [0.2, 0.25) is 0 Å². The Hall–Kier alpha value is -1.20. The van der Waals surface area contributed by atoms with Gasteiger partial charge in [-0.15, -0.1) is 0 Å². The largest absolute Gasteiger partial charge is 0.465 e. The zero-order chi connectivity index (χ0) is 20.9. The number of ether oxygens (including phenoxy) is 1. The number of benzene rings is 1. The van der Waals surface area contributed by atoms with E-state index in [0.717, 1.165) is 11.1 Å². The summed E-state index contributed by atoms with van der Waals surface area (Å²) in [6, 6.07) is 6.76. The van der Waals surface area contributed by atoms with E-state index >= 15 is 0 Å². The van der Waals surface area contributed by atoms with E-state index in [-0.39, 0.29) is 6.16 Å². The summed E-state index contributed by atoms with van der Waals surface area (Å²) in [5.41, 5.74) is 6.41. The Morgan fingerprint density at radius 2 is 1.44 bits per heavy atom. The summed E-state index contributed by atoms with van der Waals surface area (Å²) >= 11 is 0. The average Bonchev–Trinajstić information content (AvgIpc) is 2.45. The van der Waals surface area contributed by atoms with Crippen LogP contribution in [0.3, 0.4) is 0 Å². The van der Waals surface area contributed by atoms with E-state index in [1.165, 1.54) is 0 Å². The van der Waals surface area contributed by atoms with Gasteiger partial charge < -0.3 is 19.5 Å². The highest BCUT2D eigenvalue weighted by atomic mass is 31.2. The van der Waals surface area contributed by atoms with Crippen LogP contribution in [0.5, 0.6) is 0 Å². The molecule has 0 saturated heterocycles. The highest BCUT2D eigenvalue weighted by molar-refractivity contribution is 7.53. The molecule has 7 heteroatoms.